The second-order valence-corrected chi connectivity index (χ2v) is 5.94. The van der Waals surface area contributed by atoms with Gasteiger partial charge in [-0.05, 0) is 37.5 Å². The number of halogens is 2. The van der Waals surface area contributed by atoms with Crippen LogP contribution in [0.15, 0.2) is 24.3 Å². The zero-order valence-corrected chi connectivity index (χ0v) is 13.9. The molecule has 0 bridgehead atoms. The Morgan fingerprint density at radius 2 is 1.83 bits per heavy atom. The standard InChI is InChI=1S/C17H24F2O4/c1-5-22-16(20)14(15(18)19)17(4,21)12-6-8-13(9-7-12)23-10-11(2)3/h6-9,11,14-15,21H,5,10H2,1-4H3. The van der Waals surface area contributed by atoms with E-state index in [0.29, 0.717) is 18.3 Å². The van der Waals surface area contributed by atoms with E-state index in [1.54, 1.807) is 12.1 Å². The first kappa shape index (κ1) is 19.4. The molecular weight excluding hydrogens is 306 g/mol. The Balaban J connectivity index is 2.98. The predicted molar refractivity (Wildman–Crippen MR) is 82.5 cm³/mol. The van der Waals surface area contributed by atoms with Gasteiger partial charge in [-0.25, -0.2) is 8.78 Å². The minimum atomic E-state index is -3.04. The molecule has 0 aromatic heterocycles. The summed E-state index contributed by atoms with van der Waals surface area (Å²) in [4.78, 5) is 11.8. The van der Waals surface area contributed by atoms with Crippen LogP contribution >= 0.6 is 0 Å². The van der Waals surface area contributed by atoms with Gasteiger partial charge in [-0.3, -0.25) is 4.79 Å². The van der Waals surface area contributed by atoms with Gasteiger partial charge in [0, 0.05) is 0 Å². The maximum atomic E-state index is 13.3. The number of rotatable bonds is 8. The molecule has 0 fully saturated rings. The predicted octanol–water partition coefficient (Wildman–Crippen LogP) is 3.37. The summed E-state index contributed by atoms with van der Waals surface area (Å²) in [6, 6.07) is 6.12. The van der Waals surface area contributed by atoms with Gasteiger partial charge in [-0.1, -0.05) is 26.0 Å². The molecule has 6 heteroatoms. The van der Waals surface area contributed by atoms with Crippen LogP contribution in [-0.2, 0) is 15.1 Å². The van der Waals surface area contributed by atoms with E-state index in [0.717, 1.165) is 0 Å². The van der Waals surface area contributed by atoms with E-state index < -0.39 is 23.9 Å². The molecule has 1 N–H and O–H groups in total. The number of alkyl halides is 2. The van der Waals surface area contributed by atoms with Crippen LogP contribution in [0.3, 0.4) is 0 Å². The number of carbonyl (C=O) groups excluding carboxylic acids is 1. The van der Waals surface area contributed by atoms with Crippen molar-refractivity contribution in [3.63, 3.8) is 0 Å². The van der Waals surface area contributed by atoms with E-state index in [9.17, 15) is 18.7 Å². The van der Waals surface area contributed by atoms with Crippen LogP contribution in [0.2, 0.25) is 0 Å². The third-order valence-corrected chi connectivity index (χ3v) is 3.42. The van der Waals surface area contributed by atoms with Crippen molar-refractivity contribution in [3.05, 3.63) is 29.8 Å². The highest BCUT2D eigenvalue weighted by Gasteiger charge is 2.46. The van der Waals surface area contributed by atoms with Crippen LogP contribution in [0, 0.1) is 11.8 Å². The van der Waals surface area contributed by atoms with Crippen molar-refractivity contribution in [1.82, 2.24) is 0 Å². The van der Waals surface area contributed by atoms with Crippen LogP contribution in [0.4, 0.5) is 8.78 Å². The third kappa shape index (κ3) is 5.16. The summed E-state index contributed by atoms with van der Waals surface area (Å²) in [5, 5.41) is 10.5. The number of carbonyl (C=O) groups is 1. The minimum Gasteiger partial charge on any atom is -0.493 e. The molecule has 0 aliphatic heterocycles. The van der Waals surface area contributed by atoms with Gasteiger partial charge in [-0.15, -0.1) is 0 Å². The molecule has 0 saturated heterocycles. The van der Waals surface area contributed by atoms with E-state index in [1.165, 1.54) is 26.0 Å². The van der Waals surface area contributed by atoms with E-state index >= 15 is 0 Å². The Morgan fingerprint density at radius 3 is 2.26 bits per heavy atom. The highest BCUT2D eigenvalue weighted by molar-refractivity contribution is 5.74. The summed E-state index contributed by atoms with van der Waals surface area (Å²) in [6.45, 7) is 7.22. The van der Waals surface area contributed by atoms with Gasteiger partial charge >= 0.3 is 5.97 Å². The second kappa shape index (κ2) is 8.24. The van der Waals surface area contributed by atoms with Crippen molar-refractivity contribution in [3.8, 4) is 5.75 Å². The van der Waals surface area contributed by atoms with Gasteiger partial charge in [0.2, 0.25) is 0 Å². The molecular formula is C17H24F2O4. The number of hydrogen-bond donors (Lipinski definition) is 1. The molecule has 0 aliphatic carbocycles. The van der Waals surface area contributed by atoms with Crippen molar-refractivity contribution >= 4 is 5.97 Å². The SMILES string of the molecule is CCOC(=O)C(C(F)F)C(C)(O)c1ccc(OCC(C)C)cc1. The zero-order chi connectivity index (χ0) is 17.6. The molecule has 0 radical (unpaired) electrons. The zero-order valence-electron chi connectivity index (χ0n) is 13.9. The molecule has 0 spiro atoms. The van der Waals surface area contributed by atoms with Crippen molar-refractivity contribution in [2.24, 2.45) is 11.8 Å². The molecule has 1 aromatic carbocycles. The number of esters is 1. The lowest BCUT2D eigenvalue weighted by atomic mass is 9.83. The molecule has 1 aromatic rings. The van der Waals surface area contributed by atoms with Gasteiger partial charge in [-0.2, -0.15) is 0 Å². The van der Waals surface area contributed by atoms with Crippen LogP contribution < -0.4 is 4.74 Å². The molecule has 2 unspecified atom stereocenters. The van der Waals surface area contributed by atoms with Crippen molar-refractivity contribution < 1.29 is 28.2 Å². The Bertz CT molecular complexity index is 498. The Kier molecular flexibility index (Phi) is 6.94. The first-order valence-electron chi connectivity index (χ1n) is 7.60. The fourth-order valence-electron chi connectivity index (χ4n) is 2.14. The molecule has 1 rings (SSSR count). The smallest absolute Gasteiger partial charge is 0.318 e. The molecule has 4 nitrogen and oxygen atoms in total. The lowest BCUT2D eigenvalue weighted by molar-refractivity contribution is -0.169. The quantitative estimate of drug-likeness (QED) is 0.743. The first-order chi connectivity index (χ1) is 10.7. The monoisotopic (exact) mass is 330 g/mol. The summed E-state index contributed by atoms with van der Waals surface area (Å²) in [5.41, 5.74) is -1.84. The number of ether oxygens (including phenoxy) is 2. The van der Waals surface area contributed by atoms with Crippen LogP contribution in [0.1, 0.15) is 33.3 Å². The van der Waals surface area contributed by atoms with Crippen molar-refractivity contribution in [2.45, 2.75) is 39.7 Å². The summed E-state index contributed by atoms with van der Waals surface area (Å²) < 4.78 is 36.7. The van der Waals surface area contributed by atoms with Gasteiger partial charge in [0.15, 0.2) is 0 Å². The topological polar surface area (TPSA) is 55.8 Å². The molecule has 0 amide bonds. The Labute approximate surface area is 135 Å². The lowest BCUT2D eigenvalue weighted by Crippen LogP contribution is -2.42. The van der Waals surface area contributed by atoms with E-state index in [4.69, 9.17) is 4.74 Å². The van der Waals surface area contributed by atoms with Gasteiger partial charge in [0.1, 0.15) is 17.3 Å². The maximum absolute atomic E-state index is 13.3. The molecule has 2 atom stereocenters. The summed E-state index contributed by atoms with van der Waals surface area (Å²) in [7, 11) is 0. The van der Waals surface area contributed by atoms with E-state index in [2.05, 4.69) is 4.74 Å². The van der Waals surface area contributed by atoms with E-state index in [1.807, 2.05) is 13.8 Å². The van der Waals surface area contributed by atoms with Crippen molar-refractivity contribution in [2.75, 3.05) is 13.2 Å². The first-order valence-corrected chi connectivity index (χ1v) is 7.60. The molecule has 0 heterocycles. The normalized spacial score (nSPS) is 15.3. The highest BCUT2D eigenvalue weighted by Crippen LogP contribution is 2.35. The fraction of sp³-hybridized carbons (Fsp3) is 0.588. The number of hydrogen-bond acceptors (Lipinski definition) is 4. The molecule has 0 aliphatic rings. The van der Waals surface area contributed by atoms with E-state index in [-0.39, 0.29) is 12.2 Å². The number of benzene rings is 1. The summed E-state index contributed by atoms with van der Waals surface area (Å²) in [5.74, 6) is -2.15. The third-order valence-electron chi connectivity index (χ3n) is 3.42. The van der Waals surface area contributed by atoms with Gasteiger partial charge in [0.05, 0.1) is 13.2 Å². The largest absolute Gasteiger partial charge is 0.493 e. The fourth-order valence-corrected chi connectivity index (χ4v) is 2.14. The van der Waals surface area contributed by atoms with Gasteiger partial charge in [0.25, 0.3) is 6.43 Å². The molecule has 23 heavy (non-hydrogen) atoms. The Hall–Kier alpha value is -1.69. The summed E-state index contributed by atoms with van der Waals surface area (Å²) in [6.07, 6.45) is -3.04. The minimum absolute atomic E-state index is 0.0277. The Morgan fingerprint density at radius 1 is 1.26 bits per heavy atom. The van der Waals surface area contributed by atoms with Crippen LogP contribution in [0.25, 0.3) is 0 Å². The maximum Gasteiger partial charge on any atom is 0.318 e. The summed E-state index contributed by atoms with van der Waals surface area (Å²) >= 11 is 0. The molecule has 130 valence electrons. The van der Waals surface area contributed by atoms with Crippen LogP contribution in [-0.4, -0.2) is 30.7 Å². The lowest BCUT2D eigenvalue weighted by Gasteiger charge is -2.31. The average molecular weight is 330 g/mol. The number of aliphatic hydroxyl groups is 1. The van der Waals surface area contributed by atoms with Crippen LogP contribution in [0.5, 0.6) is 5.75 Å². The van der Waals surface area contributed by atoms with Gasteiger partial charge < -0.3 is 14.6 Å². The molecule has 0 saturated carbocycles. The second-order valence-electron chi connectivity index (χ2n) is 5.94. The highest BCUT2D eigenvalue weighted by atomic mass is 19.3. The van der Waals surface area contributed by atoms with Crippen molar-refractivity contribution in [1.29, 1.82) is 0 Å². The average Bonchev–Trinajstić information content (AvgIpc) is 2.45.